The van der Waals surface area contributed by atoms with Gasteiger partial charge in [0.05, 0.1) is 10.8 Å². The molecule has 1 atom stereocenters. The number of nitrogens with zero attached hydrogens (tertiary/aromatic N) is 2. The van der Waals surface area contributed by atoms with Crippen LogP contribution in [0.4, 0.5) is 4.39 Å². The molecule has 4 rings (SSSR count). The van der Waals surface area contributed by atoms with Crippen LogP contribution in [0, 0.1) is 24.6 Å². The van der Waals surface area contributed by atoms with Gasteiger partial charge in [0.25, 0.3) is 0 Å². The largest absolute Gasteiger partial charge is 0.342 e. The number of carbonyl (C=O) groups excluding carboxylic acids is 2. The Bertz CT molecular complexity index is 1110. The summed E-state index contributed by atoms with van der Waals surface area (Å²) >= 11 is 0. The molecule has 0 radical (unpaired) electrons. The highest BCUT2D eigenvalue weighted by Gasteiger charge is 2.36. The molecule has 0 bridgehead atoms. The van der Waals surface area contributed by atoms with Gasteiger partial charge >= 0.3 is 0 Å². The molecule has 0 saturated carbocycles. The van der Waals surface area contributed by atoms with Crippen LogP contribution in [0.3, 0.4) is 0 Å². The Labute approximate surface area is 194 Å². The lowest BCUT2D eigenvalue weighted by Crippen LogP contribution is -2.49. The van der Waals surface area contributed by atoms with Gasteiger partial charge in [-0.05, 0) is 56.9 Å². The third kappa shape index (κ3) is 5.17. The number of ketones is 1. The molecule has 1 unspecified atom stereocenters. The maximum atomic E-state index is 13.2. The lowest BCUT2D eigenvalue weighted by Gasteiger charge is -2.37. The summed E-state index contributed by atoms with van der Waals surface area (Å²) < 4.78 is 40.4. The van der Waals surface area contributed by atoms with E-state index in [4.69, 9.17) is 0 Å². The van der Waals surface area contributed by atoms with Crippen molar-refractivity contribution >= 4 is 21.7 Å². The SMILES string of the molecule is Cc1ccc(C(=O)C2CCN(C(=O)C3CCCN(S(=O)(=O)c4ccc(F)cc4)C3)CC2)cc1. The van der Waals surface area contributed by atoms with Crippen molar-refractivity contribution in [2.75, 3.05) is 26.2 Å². The van der Waals surface area contributed by atoms with Gasteiger partial charge in [-0.3, -0.25) is 9.59 Å². The fourth-order valence-electron chi connectivity index (χ4n) is 4.69. The molecule has 33 heavy (non-hydrogen) atoms. The first-order valence-electron chi connectivity index (χ1n) is 11.4. The van der Waals surface area contributed by atoms with E-state index < -0.39 is 21.8 Å². The molecular formula is C25H29FN2O4S. The van der Waals surface area contributed by atoms with E-state index in [1.807, 2.05) is 31.2 Å². The molecule has 2 aromatic carbocycles. The van der Waals surface area contributed by atoms with Crippen LogP contribution in [-0.4, -0.2) is 55.5 Å². The number of rotatable bonds is 5. The van der Waals surface area contributed by atoms with Crippen LogP contribution in [0.2, 0.25) is 0 Å². The second kappa shape index (κ2) is 9.73. The Kier molecular flexibility index (Phi) is 6.95. The monoisotopic (exact) mass is 472 g/mol. The van der Waals surface area contributed by atoms with Crippen LogP contribution >= 0.6 is 0 Å². The molecule has 2 aliphatic rings. The van der Waals surface area contributed by atoms with Gasteiger partial charge in [-0.1, -0.05) is 29.8 Å². The normalized spacial score (nSPS) is 20.5. The number of piperidine rings is 2. The Morgan fingerprint density at radius 1 is 0.879 bits per heavy atom. The zero-order valence-electron chi connectivity index (χ0n) is 18.7. The minimum Gasteiger partial charge on any atom is -0.342 e. The third-order valence-electron chi connectivity index (χ3n) is 6.70. The highest BCUT2D eigenvalue weighted by molar-refractivity contribution is 7.89. The topological polar surface area (TPSA) is 74.8 Å². The summed E-state index contributed by atoms with van der Waals surface area (Å²) in [4.78, 5) is 27.8. The van der Waals surface area contributed by atoms with Crippen molar-refractivity contribution in [1.82, 2.24) is 9.21 Å². The summed E-state index contributed by atoms with van der Waals surface area (Å²) in [7, 11) is -3.78. The van der Waals surface area contributed by atoms with Crippen LogP contribution in [0.1, 0.15) is 41.6 Å². The van der Waals surface area contributed by atoms with Gasteiger partial charge in [0.1, 0.15) is 5.82 Å². The molecule has 8 heteroatoms. The Morgan fingerprint density at radius 2 is 1.52 bits per heavy atom. The second-order valence-corrected chi connectivity index (χ2v) is 10.9. The average Bonchev–Trinajstić information content (AvgIpc) is 2.84. The van der Waals surface area contributed by atoms with E-state index in [0.717, 1.165) is 17.7 Å². The molecule has 2 aromatic rings. The summed E-state index contributed by atoms with van der Waals surface area (Å²) in [5.41, 5.74) is 1.81. The Balaban J connectivity index is 1.36. The van der Waals surface area contributed by atoms with Gasteiger partial charge in [0.15, 0.2) is 5.78 Å². The number of hydrogen-bond acceptors (Lipinski definition) is 4. The van der Waals surface area contributed by atoms with Gasteiger partial charge in [-0.2, -0.15) is 4.31 Å². The smallest absolute Gasteiger partial charge is 0.243 e. The number of sulfonamides is 1. The molecule has 176 valence electrons. The molecule has 6 nitrogen and oxygen atoms in total. The van der Waals surface area contributed by atoms with Gasteiger partial charge in [-0.25, -0.2) is 12.8 Å². The lowest BCUT2D eigenvalue weighted by atomic mass is 9.87. The molecule has 0 aromatic heterocycles. The third-order valence-corrected chi connectivity index (χ3v) is 8.58. The number of likely N-dealkylation sites (tertiary alicyclic amines) is 1. The minimum atomic E-state index is -3.78. The molecule has 1 amide bonds. The first kappa shape index (κ1) is 23.6. The van der Waals surface area contributed by atoms with E-state index in [1.54, 1.807) is 4.90 Å². The average molecular weight is 473 g/mol. The molecule has 0 N–H and O–H groups in total. The van der Waals surface area contributed by atoms with Crippen LogP contribution in [0.5, 0.6) is 0 Å². The van der Waals surface area contributed by atoms with Crippen molar-refractivity contribution in [2.24, 2.45) is 11.8 Å². The molecule has 2 fully saturated rings. The van der Waals surface area contributed by atoms with E-state index in [0.29, 0.717) is 50.9 Å². The standard InChI is InChI=1S/C25H29FN2O4S/c1-18-4-6-19(7-5-18)24(29)20-12-15-27(16-13-20)25(30)21-3-2-14-28(17-21)33(31,32)23-10-8-22(26)9-11-23/h4-11,20-21H,2-3,12-17H2,1H3. The maximum absolute atomic E-state index is 13.2. The fourth-order valence-corrected chi connectivity index (χ4v) is 6.22. The number of hydrogen-bond donors (Lipinski definition) is 0. The van der Waals surface area contributed by atoms with E-state index >= 15 is 0 Å². The summed E-state index contributed by atoms with van der Waals surface area (Å²) in [5, 5.41) is 0. The quantitative estimate of drug-likeness (QED) is 0.623. The number of amides is 1. The van der Waals surface area contributed by atoms with E-state index in [9.17, 15) is 22.4 Å². The first-order chi connectivity index (χ1) is 15.8. The molecule has 2 aliphatic heterocycles. The molecule has 0 spiro atoms. The van der Waals surface area contributed by atoms with E-state index in [2.05, 4.69) is 0 Å². The molecule has 2 heterocycles. The van der Waals surface area contributed by atoms with Crippen molar-refractivity contribution in [3.8, 4) is 0 Å². The predicted molar refractivity (Wildman–Crippen MR) is 123 cm³/mol. The zero-order chi connectivity index (χ0) is 23.6. The van der Waals surface area contributed by atoms with Crippen molar-refractivity contribution in [2.45, 2.75) is 37.5 Å². The molecular weight excluding hydrogens is 443 g/mol. The number of halogens is 1. The van der Waals surface area contributed by atoms with Crippen LogP contribution in [0.15, 0.2) is 53.4 Å². The van der Waals surface area contributed by atoms with Crippen molar-refractivity contribution < 1.29 is 22.4 Å². The van der Waals surface area contributed by atoms with Crippen LogP contribution in [-0.2, 0) is 14.8 Å². The second-order valence-electron chi connectivity index (χ2n) is 8.99. The Morgan fingerprint density at radius 3 is 2.15 bits per heavy atom. The van der Waals surface area contributed by atoms with Crippen molar-refractivity contribution in [1.29, 1.82) is 0 Å². The van der Waals surface area contributed by atoms with Gasteiger partial charge in [-0.15, -0.1) is 0 Å². The predicted octanol–water partition coefficient (Wildman–Crippen LogP) is 3.66. The van der Waals surface area contributed by atoms with Crippen molar-refractivity contribution in [3.63, 3.8) is 0 Å². The highest BCUT2D eigenvalue weighted by Crippen LogP contribution is 2.28. The fraction of sp³-hybridized carbons (Fsp3) is 0.440. The summed E-state index contributed by atoms with van der Waals surface area (Å²) in [5.74, 6) is -0.923. The zero-order valence-corrected chi connectivity index (χ0v) is 19.6. The van der Waals surface area contributed by atoms with E-state index in [-0.39, 0.29) is 29.0 Å². The van der Waals surface area contributed by atoms with Gasteiger partial charge < -0.3 is 4.90 Å². The van der Waals surface area contributed by atoms with Gasteiger partial charge in [0, 0.05) is 37.7 Å². The molecule has 2 saturated heterocycles. The summed E-state index contributed by atoms with van der Waals surface area (Å²) in [6.45, 7) is 3.46. The van der Waals surface area contributed by atoms with Gasteiger partial charge in [0.2, 0.25) is 15.9 Å². The maximum Gasteiger partial charge on any atom is 0.243 e. The first-order valence-corrected chi connectivity index (χ1v) is 12.8. The minimum absolute atomic E-state index is 0.0347. The number of Topliss-reactive ketones (excluding diaryl/α,β-unsaturated/α-hetero) is 1. The number of carbonyl (C=O) groups is 2. The number of aryl methyl sites for hydroxylation is 1. The van der Waals surface area contributed by atoms with Crippen molar-refractivity contribution in [3.05, 3.63) is 65.5 Å². The van der Waals surface area contributed by atoms with Crippen LogP contribution in [0.25, 0.3) is 0 Å². The highest BCUT2D eigenvalue weighted by atomic mass is 32.2. The summed E-state index contributed by atoms with van der Waals surface area (Å²) in [6.07, 6.45) is 2.46. The number of benzene rings is 2. The lowest BCUT2D eigenvalue weighted by molar-refractivity contribution is -0.138. The summed E-state index contributed by atoms with van der Waals surface area (Å²) in [6, 6.07) is 12.3. The van der Waals surface area contributed by atoms with Crippen LogP contribution < -0.4 is 0 Å². The Hall–Kier alpha value is -2.58. The van der Waals surface area contributed by atoms with E-state index in [1.165, 1.54) is 16.4 Å². The molecule has 0 aliphatic carbocycles.